The SMILES string of the molecule is O[C@@H]1c2ccccc2C[C@H]1C[C@H]1CCCCN1. The van der Waals surface area contributed by atoms with Gasteiger partial charge in [0.25, 0.3) is 0 Å². The summed E-state index contributed by atoms with van der Waals surface area (Å²) in [4.78, 5) is 0. The van der Waals surface area contributed by atoms with E-state index >= 15 is 0 Å². The zero-order chi connectivity index (χ0) is 11.7. The molecule has 0 bridgehead atoms. The summed E-state index contributed by atoms with van der Waals surface area (Å²) in [6.07, 6.45) is 5.86. The van der Waals surface area contributed by atoms with Crippen LogP contribution in [0.5, 0.6) is 0 Å². The Morgan fingerprint density at radius 2 is 2.12 bits per heavy atom. The van der Waals surface area contributed by atoms with Gasteiger partial charge in [-0.15, -0.1) is 0 Å². The minimum atomic E-state index is -0.241. The molecule has 3 rings (SSSR count). The quantitative estimate of drug-likeness (QED) is 0.819. The molecule has 0 aromatic heterocycles. The summed E-state index contributed by atoms with van der Waals surface area (Å²) in [7, 11) is 0. The van der Waals surface area contributed by atoms with Gasteiger partial charge in [0, 0.05) is 6.04 Å². The van der Waals surface area contributed by atoms with Crippen molar-refractivity contribution in [3.8, 4) is 0 Å². The Morgan fingerprint density at radius 3 is 2.88 bits per heavy atom. The van der Waals surface area contributed by atoms with E-state index in [4.69, 9.17) is 0 Å². The highest BCUT2D eigenvalue weighted by Crippen LogP contribution is 2.38. The summed E-state index contributed by atoms with van der Waals surface area (Å²) in [6.45, 7) is 1.15. The number of aliphatic hydroxyl groups is 1. The largest absolute Gasteiger partial charge is 0.388 e. The van der Waals surface area contributed by atoms with E-state index < -0.39 is 0 Å². The topological polar surface area (TPSA) is 32.3 Å². The number of nitrogens with one attached hydrogen (secondary N) is 1. The molecule has 1 saturated heterocycles. The summed E-state index contributed by atoms with van der Waals surface area (Å²) in [6, 6.07) is 8.97. The van der Waals surface area contributed by atoms with E-state index in [1.165, 1.54) is 24.8 Å². The average molecular weight is 231 g/mol. The van der Waals surface area contributed by atoms with Crippen molar-refractivity contribution in [2.75, 3.05) is 6.54 Å². The van der Waals surface area contributed by atoms with Crippen molar-refractivity contribution in [3.63, 3.8) is 0 Å². The fraction of sp³-hybridized carbons (Fsp3) is 0.600. The smallest absolute Gasteiger partial charge is 0.0824 e. The molecule has 2 N–H and O–H groups in total. The molecule has 0 amide bonds. The monoisotopic (exact) mass is 231 g/mol. The number of hydrogen-bond acceptors (Lipinski definition) is 2. The molecule has 1 aromatic carbocycles. The Labute approximate surface area is 103 Å². The lowest BCUT2D eigenvalue weighted by molar-refractivity contribution is 0.108. The van der Waals surface area contributed by atoms with Crippen LogP contribution in [0.4, 0.5) is 0 Å². The predicted molar refractivity (Wildman–Crippen MR) is 68.9 cm³/mol. The van der Waals surface area contributed by atoms with Crippen molar-refractivity contribution in [1.82, 2.24) is 5.32 Å². The molecule has 17 heavy (non-hydrogen) atoms. The van der Waals surface area contributed by atoms with Crippen LogP contribution < -0.4 is 5.32 Å². The van der Waals surface area contributed by atoms with Crippen LogP contribution in [0, 0.1) is 5.92 Å². The van der Waals surface area contributed by atoms with Gasteiger partial charge in [0.1, 0.15) is 0 Å². The summed E-state index contributed by atoms with van der Waals surface area (Å²) in [5.74, 6) is 0.419. The van der Waals surface area contributed by atoms with E-state index in [0.717, 1.165) is 24.9 Å². The molecule has 0 radical (unpaired) electrons. The second-order valence-corrected chi connectivity index (χ2v) is 5.49. The molecule has 1 aliphatic heterocycles. The number of piperidine rings is 1. The third-order valence-electron chi connectivity index (χ3n) is 4.30. The highest BCUT2D eigenvalue weighted by atomic mass is 16.3. The average Bonchev–Trinajstić information content (AvgIpc) is 2.68. The van der Waals surface area contributed by atoms with Crippen LogP contribution in [-0.2, 0) is 6.42 Å². The minimum absolute atomic E-state index is 0.241. The first-order valence-corrected chi connectivity index (χ1v) is 6.84. The molecule has 2 heteroatoms. The van der Waals surface area contributed by atoms with Crippen LogP contribution in [-0.4, -0.2) is 17.7 Å². The van der Waals surface area contributed by atoms with E-state index in [1.54, 1.807) is 0 Å². The molecule has 0 saturated carbocycles. The fourth-order valence-corrected chi connectivity index (χ4v) is 3.36. The molecule has 1 aliphatic carbocycles. The van der Waals surface area contributed by atoms with E-state index in [9.17, 15) is 5.11 Å². The van der Waals surface area contributed by atoms with Gasteiger partial charge < -0.3 is 10.4 Å². The molecule has 3 atom stereocenters. The standard InChI is InChI=1S/C15H21NO/c17-15-12(10-13-6-3-4-8-16-13)9-11-5-1-2-7-14(11)15/h1-2,5,7,12-13,15-17H,3-4,6,8-10H2/t12-,13+,15-/m0/s1. The first-order chi connectivity index (χ1) is 8.34. The Kier molecular flexibility index (Phi) is 3.17. The Morgan fingerprint density at radius 1 is 1.24 bits per heavy atom. The molecule has 0 unspecified atom stereocenters. The maximum absolute atomic E-state index is 10.3. The third kappa shape index (κ3) is 2.24. The second-order valence-electron chi connectivity index (χ2n) is 5.49. The Hall–Kier alpha value is -0.860. The molecule has 0 spiro atoms. The lowest BCUT2D eigenvalue weighted by atomic mass is 9.91. The number of fused-ring (bicyclic) bond motifs is 1. The second kappa shape index (κ2) is 4.79. The Balaban J connectivity index is 1.67. The summed E-state index contributed by atoms with van der Waals surface area (Å²) in [5.41, 5.74) is 2.51. The van der Waals surface area contributed by atoms with Gasteiger partial charge >= 0.3 is 0 Å². The van der Waals surface area contributed by atoms with E-state index in [-0.39, 0.29) is 6.10 Å². The zero-order valence-corrected chi connectivity index (χ0v) is 10.2. The number of hydrogen-bond donors (Lipinski definition) is 2. The highest BCUT2D eigenvalue weighted by molar-refractivity contribution is 5.34. The van der Waals surface area contributed by atoms with Crippen LogP contribution in [0.1, 0.15) is 42.9 Å². The molecule has 1 aromatic rings. The van der Waals surface area contributed by atoms with Crippen LogP contribution in [0.25, 0.3) is 0 Å². The number of benzene rings is 1. The maximum atomic E-state index is 10.3. The van der Waals surface area contributed by atoms with Gasteiger partial charge in [-0.3, -0.25) is 0 Å². The molecule has 1 fully saturated rings. The van der Waals surface area contributed by atoms with Crippen molar-refractivity contribution < 1.29 is 5.11 Å². The lowest BCUT2D eigenvalue weighted by Gasteiger charge is -2.27. The molecule has 2 aliphatic rings. The van der Waals surface area contributed by atoms with Crippen LogP contribution in [0.15, 0.2) is 24.3 Å². The summed E-state index contributed by atoms with van der Waals surface area (Å²) >= 11 is 0. The Bertz CT molecular complexity index is 384. The van der Waals surface area contributed by atoms with Crippen LogP contribution in [0.3, 0.4) is 0 Å². The minimum Gasteiger partial charge on any atom is -0.388 e. The van der Waals surface area contributed by atoms with Crippen molar-refractivity contribution in [2.24, 2.45) is 5.92 Å². The first-order valence-electron chi connectivity index (χ1n) is 6.84. The van der Waals surface area contributed by atoms with E-state index in [1.807, 2.05) is 6.07 Å². The van der Waals surface area contributed by atoms with Crippen molar-refractivity contribution in [1.29, 1.82) is 0 Å². The zero-order valence-electron chi connectivity index (χ0n) is 10.2. The maximum Gasteiger partial charge on any atom is 0.0824 e. The van der Waals surface area contributed by atoms with E-state index in [2.05, 4.69) is 23.5 Å². The lowest BCUT2D eigenvalue weighted by Crippen LogP contribution is -2.36. The summed E-state index contributed by atoms with van der Waals surface area (Å²) in [5, 5.41) is 13.9. The van der Waals surface area contributed by atoms with E-state index in [0.29, 0.717) is 12.0 Å². The normalized spacial score (nSPS) is 32.4. The van der Waals surface area contributed by atoms with Crippen LogP contribution >= 0.6 is 0 Å². The van der Waals surface area contributed by atoms with Gasteiger partial charge in [-0.2, -0.15) is 0 Å². The number of rotatable bonds is 2. The molecular weight excluding hydrogens is 210 g/mol. The van der Waals surface area contributed by atoms with Crippen LogP contribution in [0.2, 0.25) is 0 Å². The van der Waals surface area contributed by atoms with Gasteiger partial charge in [0.2, 0.25) is 0 Å². The van der Waals surface area contributed by atoms with Gasteiger partial charge in [0.05, 0.1) is 6.10 Å². The van der Waals surface area contributed by atoms with Gasteiger partial charge in [-0.1, -0.05) is 30.7 Å². The number of aliphatic hydroxyl groups excluding tert-OH is 1. The molecule has 2 nitrogen and oxygen atoms in total. The van der Waals surface area contributed by atoms with Crippen molar-refractivity contribution in [3.05, 3.63) is 35.4 Å². The third-order valence-corrected chi connectivity index (χ3v) is 4.30. The first kappa shape index (κ1) is 11.2. The highest BCUT2D eigenvalue weighted by Gasteiger charge is 2.32. The molecule has 1 heterocycles. The van der Waals surface area contributed by atoms with Gasteiger partial charge in [0.15, 0.2) is 0 Å². The van der Waals surface area contributed by atoms with Gasteiger partial charge in [-0.05, 0) is 49.3 Å². The van der Waals surface area contributed by atoms with Gasteiger partial charge in [-0.25, -0.2) is 0 Å². The predicted octanol–water partition coefficient (Wildman–Crippen LogP) is 2.42. The van der Waals surface area contributed by atoms with Crippen molar-refractivity contribution in [2.45, 2.75) is 44.2 Å². The molecular formula is C15H21NO. The van der Waals surface area contributed by atoms with Crippen molar-refractivity contribution >= 4 is 0 Å². The fourth-order valence-electron chi connectivity index (χ4n) is 3.36. The molecule has 92 valence electrons. The summed E-state index contributed by atoms with van der Waals surface area (Å²) < 4.78 is 0.